The maximum atomic E-state index is 12.9. The molecule has 38 heavy (non-hydrogen) atoms. The molecule has 0 aliphatic carbocycles. The molecule has 1 unspecified atom stereocenters. The molecule has 1 aromatic heterocycles. The molecule has 202 valence electrons. The number of carboxylic acids is 1. The lowest BCUT2D eigenvalue weighted by Crippen LogP contribution is -2.50. The zero-order valence-electron chi connectivity index (χ0n) is 20.0. The van der Waals surface area contributed by atoms with Gasteiger partial charge in [0.2, 0.25) is 11.8 Å². The van der Waals surface area contributed by atoms with Crippen LogP contribution in [0.15, 0.2) is 54.7 Å². The van der Waals surface area contributed by atoms with Crippen LogP contribution in [0.25, 0.3) is 10.8 Å². The molecular weight excluding hydrogens is 507 g/mol. The molecule has 7 N–H and O–H groups in total. The number of hydrogen-bond acceptors (Lipinski definition) is 7. The van der Waals surface area contributed by atoms with Crippen LogP contribution in [0.2, 0.25) is 0 Å². The van der Waals surface area contributed by atoms with Gasteiger partial charge < -0.3 is 31.9 Å². The van der Waals surface area contributed by atoms with Crippen LogP contribution in [0, 0.1) is 0 Å². The highest BCUT2D eigenvalue weighted by Crippen LogP contribution is 2.25. The Kier molecular flexibility index (Phi) is 8.73. The Morgan fingerprint density at radius 1 is 1.13 bits per heavy atom. The van der Waals surface area contributed by atoms with Crippen molar-refractivity contribution in [2.24, 2.45) is 5.73 Å². The van der Waals surface area contributed by atoms with Crippen LogP contribution < -0.4 is 16.8 Å². The van der Waals surface area contributed by atoms with Crippen LogP contribution in [0.4, 0.5) is 24.7 Å². The predicted molar refractivity (Wildman–Crippen MR) is 133 cm³/mol. The van der Waals surface area contributed by atoms with E-state index in [4.69, 9.17) is 21.4 Å². The second-order valence-electron chi connectivity index (χ2n) is 8.59. The highest BCUT2D eigenvalue weighted by molar-refractivity contribution is 6.00. The van der Waals surface area contributed by atoms with E-state index in [1.165, 1.54) is 0 Å². The van der Waals surface area contributed by atoms with Gasteiger partial charge in [-0.05, 0) is 66.6 Å². The Hall–Kier alpha value is -4.39. The van der Waals surface area contributed by atoms with Crippen LogP contribution in [0.3, 0.4) is 0 Å². The van der Waals surface area contributed by atoms with E-state index in [9.17, 15) is 27.9 Å². The zero-order chi connectivity index (χ0) is 28.0. The number of benzene rings is 2. The number of carboxylic acid groups (broad SMARTS) is 1. The van der Waals surface area contributed by atoms with Crippen LogP contribution >= 0.6 is 0 Å². The number of carbonyl (C=O) groups excluding carboxylic acids is 2. The number of nitrogens with one attached hydrogen (secondary N) is 1. The summed E-state index contributed by atoms with van der Waals surface area (Å²) in [7, 11) is 0. The Morgan fingerprint density at radius 3 is 2.42 bits per heavy atom. The largest absolute Gasteiger partial charge is 0.508 e. The summed E-state index contributed by atoms with van der Waals surface area (Å²) in [6, 6.07) is 12.5. The van der Waals surface area contributed by atoms with E-state index in [2.05, 4.69) is 10.3 Å². The molecule has 0 spiro atoms. The average Bonchev–Trinajstić information content (AvgIpc) is 3.35. The Labute approximate surface area is 215 Å². The normalized spacial score (nSPS) is 15.9. The topological polar surface area (TPSA) is 172 Å². The molecule has 2 heterocycles. The van der Waals surface area contributed by atoms with Crippen LogP contribution in [-0.4, -0.2) is 62.7 Å². The molecule has 0 radical (unpaired) electrons. The van der Waals surface area contributed by atoms with Crippen LogP contribution in [0.1, 0.15) is 18.4 Å². The molecule has 4 rings (SSSR count). The number of hydrogen-bond donors (Lipinski definition) is 5. The fraction of sp³-hybridized carbons (Fsp3) is 0.280. The van der Waals surface area contributed by atoms with E-state index >= 15 is 0 Å². The Morgan fingerprint density at radius 2 is 1.79 bits per heavy atom. The second-order valence-corrected chi connectivity index (χ2v) is 8.59. The third-order valence-electron chi connectivity index (χ3n) is 5.85. The van der Waals surface area contributed by atoms with E-state index in [1.807, 2.05) is 18.2 Å². The number of likely N-dealkylation sites (tertiary alicyclic amines) is 1. The molecule has 1 fully saturated rings. The first-order valence-corrected chi connectivity index (χ1v) is 11.5. The lowest BCUT2D eigenvalue weighted by molar-refractivity contribution is -0.192. The number of phenols is 1. The van der Waals surface area contributed by atoms with Crippen molar-refractivity contribution >= 4 is 40.1 Å². The number of aromatic nitrogens is 1. The molecule has 3 aromatic rings. The van der Waals surface area contributed by atoms with Gasteiger partial charge >= 0.3 is 12.1 Å². The van der Waals surface area contributed by atoms with E-state index in [-0.39, 0.29) is 17.6 Å². The molecule has 1 aliphatic heterocycles. The number of rotatable bonds is 5. The van der Waals surface area contributed by atoms with Crippen molar-refractivity contribution in [1.29, 1.82) is 0 Å². The van der Waals surface area contributed by atoms with Crippen molar-refractivity contribution in [3.63, 3.8) is 0 Å². The van der Waals surface area contributed by atoms with Gasteiger partial charge in [-0.25, -0.2) is 9.78 Å². The number of carbonyl (C=O) groups is 3. The third-order valence-corrected chi connectivity index (χ3v) is 5.85. The minimum absolute atomic E-state index is 0.160. The zero-order valence-corrected chi connectivity index (χ0v) is 20.0. The standard InChI is InChI=1S/C23H25N5O3.C2HF3O2/c24-19(12-14-3-6-17(29)7-4-14)23(31)28-11-1-2-20(28)22(30)27-16-5-8-18-15(13-16)9-10-26-21(18)25;3-2(4,5)1(6)7/h3-10,13,19-20,29H,1-2,11-12,24H2,(H2,25,26)(H,27,30);(H,6,7)/t19?,20-;/m0./s1. The Balaban J connectivity index is 0.000000505. The van der Waals surface area contributed by atoms with Crippen molar-refractivity contribution < 1.29 is 37.8 Å². The molecule has 1 aliphatic rings. The molecule has 13 heteroatoms. The first-order chi connectivity index (χ1) is 17.9. The van der Waals surface area contributed by atoms with E-state index in [1.54, 1.807) is 41.4 Å². The third kappa shape index (κ3) is 7.09. The minimum atomic E-state index is -5.08. The second kappa shape index (κ2) is 11.8. The molecule has 1 saturated heterocycles. The molecule has 0 bridgehead atoms. The van der Waals surface area contributed by atoms with Gasteiger partial charge in [0.25, 0.3) is 0 Å². The number of fused-ring (bicyclic) bond motifs is 1. The van der Waals surface area contributed by atoms with Gasteiger partial charge in [-0.2, -0.15) is 13.2 Å². The number of nitrogen functional groups attached to an aromatic ring is 1. The minimum Gasteiger partial charge on any atom is -0.508 e. The van der Waals surface area contributed by atoms with Gasteiger partial charge in [-0.3, -0.25) is 9.59 Å². The summed E-state index contributed by atoms with van der Waals surface area (Å²) in [6.07, 6.45) is -1.79. The summed E-state index contributed by atoms with van der Waals surface area (Å²) >= 11 is 0. The number of anilines is 2. The average molecular weight is 534 g/mol. The van der Waals surface area contributed by atoms with Crippen LogP contribution in [0.5, 0.6) is 5.75 Å². The quantitative estimate of drug-likeness (QED) is 0.333. The SMILES string of the molecule is Nc1nccc2cc(NC(=O)[C@@H]3CCCN3C(=O)C(N)Cc3ccc(O)cc3)ccc12.O=C(O)C(F)(F)F. The smallest absolute Gasteiger partial charge is 0.490 e. The lowest BCUT2D eigenvalue weighted by atomic mass is 10.0. The van der Waals surface area contributed by atoms with Gasteiger partial charge in [-0.1, -0.05) is 12.1 Å². The molecular formula is C25H26F3N5O5. The van der Waals surface area contributed by atoms with Crippen molar-refractivity contribution in [1.82, 2.24) is 9.88 Å². The first kappa shape index (κ1) is 28.2. The number of alkyl halides is 3. The summed E-state index contributed by atoms with van der Waals surface area (Å²) in [6.45, 7) is 0.500. The summed E-state index contributed by atoms with van der Waals surface area (Å²) in [5.74, 6) is -2.64. The van der Waals surface area contributed by atoms with Crippen molar-refractivity contribution in [2.75, 3.05) is 17.6 Å². The van der Waals surface area contributed by atoms with Crippen LogP contribution in [-0.2, 0) is 20.8 Å². The molecule has 2 atom stereocenters. The summed E-state index contributed by atoms with van der Waals surface area (Å²) in [5.41, 5.74) is 13.5. The van der Waals surface area contributed by atoms with Gasteiger partial charge in [-0.15, -0.1) is 0 Å². The predicted octanol–water partition coefficient (Wildman–Crippen LogP) is 2.66. The van der Waals surface area contributed by atoms with Gasteiger partial charge in [0, 0.05) is 23.8 Å². The number of aromatic hydroxyl groups is 1. The molecule has 2 aromatic carbocycles. The van der Waals surface area contributed by atoms with E-state index in [0.29, 0.717) is 30.9 Å². The molecule has 10 nitrogen and oxygen atoms in total. The summed E-state index contributed by atoms with van der Waals surface area (Å²) in [5, 5.41) is 21.1. The highest BCUT2D eigenvalue weighted by Gasteiger charge is 2.38. The number of halogens is 3. The maximum absolute atomic E-state index is 12.9. The molecule has 2 amide bonds. The number of phenolic OH excluding ortho intramolecular Hbond substituents is 1. The summed E-state index contributed by atoms with van der Waals surface area (Å²) < 4.78 is 31.7. The number of nitrogens with two attached hydrogens (primary N) is 2. The Bertz CT molecular complexity index is 1320. The van der Waals surface area contributed by atoms with Gasteiger partial charge in [0.05, 0.1) is 6.04 Å². The van der Waals surface area contributed by atoms with Gasteiger partial charge in [0.1, 0.15) is 17.6 Å². The van der Waals surface area contributed by atoms with Crippen molar-refractivity contribution in [3.8, 4) is 5.75 Å². The first-order valence-electron chi connectivity index (χ1n) is 11.5. The fourth-order valence-electron chi connectivity index (χ4n) is 3.99. The maximum Gasteiger partial charge on any atom is 0.490 e. The fourth-order valence-corrected chi connectivity index (χ4v) is 3.99. The summed E-state index contributed by atoms with van der Waals surface area (Å²) in [4.78, 5) is 40.4. The number of amides is 2. The van der Waals surface area contributed by atoms with Gasteiger partial charge in [0.15, 0.2) is 0 Å². The van der Waals surface area contributed by atoms with Crippen molar-refractivity contribution in [2.45, 2.75) is 37.5 Å². The van der Waals surface area contributed by atoms with E-state index < -0.39 is 24.2 Å². The number of aliphatic carboxylic acids is 1. The van der Waals surface area contributed by atoms with E-state index in [0.717, 1.165) is 22.8 Å². The number of pyridine rings is 1. The monoisotopic (exact) mass is 533 g/mol. The lowest BCUT2D eigenvalue weighted by Gasteiger charge is -2.27. The van der Waals surface area contributed by atoms with Crippen molar-refractivity contribution in [3.05, 3.63) is 60.3 Å². The highest BCUT2D eigenvalue weighted by atomic mass is 19.4. The molecule has 0 saturated carbocycles. The number of nitrogens with zero attached hydrogens (tertiary/aromatic N) is 2.